The average Bonchev–Trinajstić information content (AvgIpc) is 2.77. The smallest absolute Gasteiger partial charge is 0.240 e. The number of nitrogens with one attached hydrogen (secondary N) is 1. The molecule has 8 heteroatoms. The van der Waals surface area contributed by atoms with Crippen molar-refractivity contribution in [2.45, 2.75) is 0 Å². The van der Waals surface area contributed by atoms with E-state index in [0.29, 0.717) is 5.69 Å². The van der Waals surface area contributed by atoms with E-state index in [1.54, 1.807) is 24.3 Å². The number of carbonyl (C=O) groups excluding carboxylic acids is 1. The Bertz CT molecular complexity index is 570. The van der Waals surface area contributed by atoms with Gasteiger partial charge in [-0.3, -0.25) is 4.79 Å². The fourth-order valence-electron chi connectivity index (χ4n) is 1.34. The predicted octanol–water partition coefficient (Wildman–Crippen LogP) is 0.897. The van der Waals surface area contributed by atoms with Crippen molar-refractivity contribution in [2.24, 2.45) is 0 Å². The van der Waals surface area contributed by atoms with Gasteiger partial charge in [-0.05, 0) is 10.3 Å². The Morgan fingerprint density at radius 3 is 2.72 bits per heavy atom. The molecular formula is C10H9N3O4S. The molecule has 2 aromatic rings. The van der Waals surface area contributed by atoms with Crippen LogP contribution in [0.1, 0.15) is 0 Å². The van der Waals surface area contributed by atoms with E-state index in [-0.39, 0.29) is 5.82 Å². The molecule has 2 rings (SSSR count). The molecule has 0 saturated heterocycles. The summed E-state index contributed by atoms with van der Waals surface area (Å²) in [6.45, 7) is 0. The van der Waals surface area contributed by atoms with Gasteiger partial charge in [0.25, 0.3) is 0 Å². The summed E-state index contributed by atoms with van der Waals surface area (Å²) in [6.07, 6.45) is 0. The Kier molecular flexibility index (Phi) is 3.80. The number of benzene rings is 1. The lowest BCUT2D eigenvalue weighted by Crippen LogP contribution is -2.19. The number of nitrogens with zero attached hydrogens (tertiary/aromatic N) is 2. The van der Waals surface area contributed by atoms with Crippen LogP contribution in [-0.4, -0.2) is 30.7 Å². The molecule has 7 nitrogen and oxygen atoms in total. The average molecular weight is 267 g/mol. The summed E-state index contributed by atoms with van der Waals surface area (Å²) in [4.78, 5) is 11.3. The van der Waals surface area contributed by atoms with Crippen LogP contribution in [0.25, 0.3) is 11.3 Å². The summed E-state index contributed by atoms with van der Waals surface area (Å²) >= 11 is -2.20. The summed E-state index contributed by atoms with van der Waals surface area (Å²) in [5.41, 5.74) is 1.09. The Balaban J connectivity index is 2.19. The van der Waals surface area contributed by atoms with Gasteiger partial charge in [-0.1, -0.05) is 30.3 Å². The number of rotatable bonds is 4. The SMILES string of the molecule is O=C(CS(=O)O)Nc1nonc1-c1ccccc1. The van der Waals surface area contributed by atoms with Gasteiger partial charge in [0.1, 0.15) is 5.75 Å². The van der Waals surface area contributed by atoms with Crippen LogP contribution in [0.3, 0.4) is 0 Å². The van der Waals surface area contributed by atoms with Crippen molar-refractivity contribution in [1.29, 1.82) is 0 Å². The fourth-order valence-corrected chi connectivity index (χ4v) is 1.63. The van der Waals surface area contributed by atoms with Crippen molar-refractivity contribution >= 4 is 22.8 Å². The molecule has 0 aliphatic rings. The normalized spacial score (nSPS) is 12.1. The zero-order valence-corrected chi connectivity index (χ0v) is 9.88. The van der Waals surface area contributed by atoms with Crippen molar-refractivity contribution < 1.29 is 18.2 Å². The number of carbonyl (C=O) groups is 1. The molecule has 1 amide bonds. The highest BCUT2D eigenvalue weighted by atomic mass is 32.2. The molecule has 1 aromatic carbocycles. The lowest BCUT2D eigenvalue weighted by Gasteiger charge is -2.00. The highest BCUT2D eigenvalue weighted by Crippen LogP contribution is 2.23. The van der Waals surface area contributed by atoms with Crippen molar-refractivity contribution in [2.75, 3.05) is 11.1 Å². The topological polar surface area (TPSA) is 105 Å². The van der Waals surface area contributed by atoms with E-state index in [0.717, 1.165) is 5.56 Å². The van der Waals surface area contributed by atoms with Crippen molar-refractivity contribution in [3.05, 3.63) is 30.3 Å². The van der Waals surface area contributed by atoms with Crippen LogP contribution in [0.4, 0.5) is 5.82 Å². The third-order valence-electron chi connectivity index (χ3n) is 2.05. The second kappa shape index (κ2) is 5.52. The van der Waals surface area contributed by atoms with Crippen molar-refractivity contribution in [3.63, 3.8) is 0 Å². The molecule has 0 bridgehead atoms. The Labute approximate surface area is 104 Å². The van der Waals surface area contributed by atoms with Crippen LogP contribution in [-0.2, 0) is 15.9 Å². The molecule has 0 radical (unpaired) electrons. The van der Waals surface area contributed by atoms with Gasteiger partial charge < -0.3 is 9.87 Å². The van der Waals surface area contributed by atoms with Gasteiger partial charge in [0.2, 0.25) is 11.7 Å². The Morgan fingerprint density at radius 1 is 1.33 bits per heavy atom. The van der Waals surface area contributed by atoms with Crippen LogP contribution < -0.4 is 5.32 Å². The van der Waals surface area contributed by atoms with Crippen molar-refractivity contribution in [1.82, 2.24) is 10.3 Å². The van der Waals surface area contributed by atoms with Crippen LogP contribution in [0, 0.1) is 0 Å². The van der Waals surface area contributed by atoms with Gasteiger partial charge in [-0.2, -0.15) is 0 Å². The molecule has 0 aliphatic carbocycles. The molecule has 0 saturated carbocycles. The molecule has 1 unspecified atom stereocenters. The zero-order chi connectivity index (χ0) is 13.0. The molecular weight excluding hydrogens is 258 g/mol. The van der Waals surface area contributed by atoms with Crippen LogP contribution in [0.15, 0.2) is 35.0 Å². The highest BCUT2D eigenvalue weighted by Gasteiger charge is 2.15. The zero-order valence-electron chi connectivity index (χ0n) is 9.07. The maximum Gasteiger partial charge on any atom is 0.240 e. The van der Waals surface area contributed by atoms with Gasteiger partial charge in [-0.15, -0.1) is 0 Å². The van der Waals surface area contributed by atoms with Crippen LogP contribution >= 0.6 is 0 Å². The summed E-state index contributed by atoms with van der Waals surface area (Å²) < 4.78 is 23.6. The van der Waals surface area contributed by atoms with Gasteiger partial charge in [0.05, 0.1) is 0 Å². The molecule has 18 heavy (non-hydrogen) atoms. The lowest BCUT2D eigenvalue weighted by atomic mass is 10.1. The maximum atomic E-state index is 11.3. The molecule has 1 aromatic heterocycles. The summed E-state index contributed by atoms with van der Waals surface area (Å²) in [6, 6.07) is 9.00. The van der Waals surface area contributed by atoms with Gasteiger partial charge in [0.15, 0.2) is 16.8 Å². The molecule has 1 atom stereocenters. The van der Waals surface area contributed by atoms with Crippen molar-refractivity contribution in [3.8, 4) is 11.3 Å². The number of hydrogen-bond donors (Lipinski definition) is 2. The van der Waals surface area contributed by atoms with Gasteiger partial charge >= 0.3 is 0 Å². The summed E-state index contributed by atoms with van der Waals surface area (Å²) in [7, 11) is 0. The third kappa shape index (κ3) is 2.99. The molecule has 94 valence electrons. The van der Waals surface area contributed by atoms with E-state index < -0.39 is 22.7 Å². The standard InChI is InChI=1S/C10H9N3O4S/c14-8(6-18(15)16)11-10-9(12-17-13-10)7-4-2-1-3-5-7/h1-5H,6H2,(H,15,16)(H,11,13,14). The maximum absolute atomic E-state index is 11.3. The largest absolute Gasteiger partial charge is 0.306 e. The number of hydrogen-bond acceptors (Lipinski definition) is 5. The van der Waals surface area contributed by atoms with Crippen LogP contribution in [0.2, 0.25) is 0 Å². The first kappa shape index (κ1) is 12.4. The predicted molar refractivity (Wildman–Crippen MR) is 64.0 cm³/mol. The second-order valence-electron chi connectivity index (χ2n) is 3.34. The van der Waals surface area contributed by atoms with E-state index >= 15 is 0 Å². The first-order valence-electron chi connectivity index (χ1n) is 4.92. The third-order valence-corrected chi connectivity index (χ3v) is 2.56. The molecule has 2 N–H and O–H groups in total. The number of anilines is 1. The molecule has 0 aliphatic heterocycles. The quantitative estimate of drug-likeness (QED) is 0.797. The van der Waals surface area contributed by atoms with E-state index in [1.807, 2.05) is 6.07 Å². The first-order chi connectivity index (χ1) is 8.66. The Hall–Kier alpha value is -2.06. The minimum Gasteiger partial charge on any atom is -0.306 e. The molecule has 0 fully saturated rings. The lowest BCUT2D eigenvalue weighted by molar-refractivity contribution is -0.113. The molecule has 0 spiro atoms. The number of amides is 1. The minimum atomic E-state index is -2.20. The van der Waals surface area contributed by atoms with E-state index in [9.17, 15) is 9.00 Å². The summed E-state index contributed by atoms with van der Waals surface area (Å²) in [5, 5.41) is 9.58. The first-order valence-corrected chi connectivity index (χ1v) is 6.19. The number of aromatic nitrogens is 2. The molecule has 1 heterocycles. The van der Waals surface area contributed by atoms with Gasteiger partial charge in [-0.25, -0.2) is 8.84 Å². The highest BCUT2D eigenvalue weighted by molar-refractivity contribution is 7.80. The van der Waals surface area contributed by atoms with E-state index in [4.69, 9.17) is 4.55 Å². The van der Waals surface area contributed by atoms with E-state index in [2.05, 4.69) is 20.3 Å². The monoisotopic (exact) mass is 267 g/mol. The van der Waals surface area contributed by atoms with Gasteiger partial charge in [0, 0.05) is 5.56 Å². The summed E-state index contributed by atoms with van der Waals surface area (Å²) in [5.74, 6) is -1.04. The second-order valence-corrected chi connectivity index (χ2v) is 4.27. The van der Waals surface area contributed by atoms with E-state index in [1.165, 1.54) is 0 Å². The van der Waals surface area contributed by atoms with Crippen LogP contribution in [0.5, 0.6) is 0 Å². The minimum absolute atomic E-state index is 0.122. The Morgan fingerprint density at radius 2 is 2.06 bits per heavy atom. The fraction of sp³-hybridized carbons (Fsp3) is 0.100.